The summed E-state index contributed by atoms with van der Waals surface area (Å²) in [6, 6.07) is 7.40. The van der Waals surface area contributed by atoms with Crippen LogP contribution in [0.5, 0.6) is 0 Å². The lowest BCUT2D eigenvalue weighted by Crippen LogP contribution is -2.30. The van der Waals surface area contributed by atoms with E-state index in [1.165, 1.54) is 0 Å². The molecule has 0 fully saturated rings. The van der Waals surface area contributed by atoms with Crippen LogP contribution in [0.4, 0.5) is 0 Å². The molecule has 1 aliphatic heterocycles. The summed E-state index contributed by atoms with van der Waals surface area (Å²) in [7, 11) is -1.17. The lowest BCUT2D eigenvalue weighted by Gasteiger charge is -2.16. The van der Waals surface area contributed by atoms with Crippen molar-refractivity contribution in [3.63, 3.8) is 0 Å². The van der Waals surface area contributed by atoms with Crippen molar-refractivity contribution in [1.29, 1.82) is 0 Å². The number of hydrazone groups is 1. The van der Waals surface area contributed by atoms with Crippen molar-refractivity contribution >= 4 is 28.5 Å². The van der Waals surface area contributed by atoms with Gasteiger partial charge in [0.05, 0.1) is 22.3 Å². The van der Waals surface area contributed by atoms with Crippen LogP contribution in [0.25, 0.3) is 6.08 Å². The summed E-state index contributed by atoms with van der Waals surface area (Å²) in [6.45, 7) is 1.96. The topological polar surface area (TPSA) is 58.5 Å². The molecule has 1 N–H and O–H groups in total. The zero-order chi connectivity index (χ0) is 15.2. The largest absolute Gasteiger partial charge is 0.273 e. The molecule has 0 spiro atoms. The molecule has 0 bridgehead atoms. The molecule has 1 heterocycles. The average Bonchev–Trinajstić information content (AvgIpc) is 2.47. The second-order valence-electron chi connectivity index (χ2n) is 4.78. The first-order valence-electron chi connectivity index (χ1n) is 6.56. The van der Waals surface area contributed by atoms with Gasteiger partial charge < -0.3 is 0 Å². The molecule has 0 radical (unpaired) electrons. The van der Waals surface area contributed by atoms with Gasteiger partial charge in [-0.2, -0.15) is 5.10 Å². The number of rotatable bonds is 4. The van der Waals surface area contributed by atoms with Crippen LogP contribution in [-0.4, -0.2) is 21.6 Å². The summed E-state index contributed by atoms with van der Waals surface area (Å²) in [6.07, 6.45) is 9.38. The molecule has 0 saturated heterocycles. The van der Waals surface area contributed by atoms with Crippen LogP contribution in [0.3, 0.4) is 0 Å². The van der Waals surface area contributed by atoms with Gasteiger partial charge in [-0.1, -0.05) is 31.1 Å². The summed E-state index contributed by atoms with van der Waals surface area (Å²) in [5.41, 5.74) is 4.22. The fraction of sp³-hybridized carbons (Fsp3) is 0.250. The Kier molecular flexibility index (Phi) is 5.07. The van der Waals surface area contributed by atoms with Crippen molar-refractivity contribution in [2.24, 2.45) is 11.0 Å². The van der Waals surface area contributed by atoms with Crippen LogP contribution in [0, 0.1) is 18.3 Å². The smallest absolute Gasteiger partial charge is 0.240 e. The quantitative estimate of drug-likeness (QED) is 0.864. The molecule has 0 aliphatic carbocycles. The Morgan fingerprint density at radius 1 is 1.52 bits per heavy atom. The van der Waals surface area contributed by atoms with Gasteiger partial charge in [0.1, 0.15) is 0 Å². The predicted molar refractivity (Wildman–Crippen MR) is 84.9 cm³/mol. The van der Waals surface area contributed by atoms with Crippen LogP contribution < -0.4 is 5.43 Å². The molecule has 5 heteroatoms. The molecule has 2 atom stereocenters. The van der Waals surface area contributed by atoms with Crippen LogP contribution in [0.1, 0.15) is 18.9 Å². The highest BCUT2D eigenvalue weighted by atomic mass is 32.2. The van der Waals surface area contributed by atoms with E-state index in [1.54, 1.807) is 6.07 Å². The van der Waals surface area contributed by atoms with E-state index in [-0.39, 0.29) is 17.6 Å². The van der Waals surface area contributed by atoms with Crippen LogP contribution in [0.15, 0.2) is 40.3 Å². The normalized spacial score (nSPS) is 19.7. The van der Waals surface area contributed by atoms with E-state index in [1.807, 2.05) is 37.3 Å². The Morgan fingerprint density at radius 2 is 2.33 bits per heavy atom. The van der Waals surface area contributed by atoms with Crippen LogP contribution >= 0.6 is 0 Å². The number of nitrogens with one attached hydrogen (secondary N) is 1. The number of benzene rings is 1. The number of carbonyl (C=O) groups is 1. The van der Waals surface area contributed by atoms with Crippen molar-refractivity contribution in [2.75, 3.05) is 5.75 Å². The molecule has 4 nitrogen and oxygen atoms in total. The van der Waals surface area contributed by atoms with Crippen LogP contribution in [-0.2, 0) is 15.6 Å². The maximum atomic E-state index is 11.9. The fourth-order valence-electron chi connectivity index (χ4n) is 1.97. The number of amides is 1. The minimum atomic E-state index is -1.17. The Morgan fingerprint density at radius 3 is 3.05 bits per heavy atom. The molecule has 21 heavy (non-hydrogen) atoms. The zero-order valence-electron chi connectivity index (χ0n) is 11.7. The van der Waals surface area contributed by atoms with Crippen LogP contribution in [0.2, 0.25) is 0 Å². The number of nitrogens with zero attached hydrogens (tertiary/aromatic N) is 1. The summed E-state index contributed by atoms with van der Waals surface area (Å²) in [5.74, 6) is 2.64. The van der Waals surface area contributed by atoms with E-state index in [2.05, 4.69) is 16.4 Å². The Balaban J connectivity index is 2.15. The van der Waals surface area contributed by atoms with E-state index in [9.17, 15) is 9.00 Å². The second-order valence-corrected chi connectivity index (χ2v) is 6.23. The zero-order valence-corrected chi connectivity index (χ0v) is 12.5. The van der Waals surface area contributed by atoms with E-state index >= 15 is 0 Å². The molecule has 1 amide bonds. The minimum absolute atomic E-state index is 0.0636. The molecule has 2 unspecified atom stereocenters. The molecule has 0 saturated carbocycles. The van der Waals surface area contributed by atoms with Gasteiger partial charge in [0.2, 0.25) is 5.91 Å². The molecule has 1 aliphatic rings. The number of terminal acetylenes is 1. The predicted octanol–water partition coefficient (Wildman–Crippen LogP) is 1.95. The Bertz CT molecular complexity index is 671. The maximum Gasteiger partial charge on any atom is 0.240 e. The average molecular weight is 300 g/mol. The number of carbonyl (C=O) groups excluding carboxylic acids is 1. The highest BCUT2D eigenvalue weighted by Gasteiger charge is 2.17. The lowest BCUT2D eigenvalue weighted by molar-refractivity contribution is -0.121. The first-order valence-corrected chi connectivity index (χ1v) is 7.88. The van der Waals surface area contributed by atoms with E-state index in [0.29, 0.717) is 11.3 Å². The van der Waals surface area contributed by atoms with E-state index < -0.39 is 10.8 Å². The van der Waals surface area contributed by atoms with Crippen molar-refractivity contribution in [3.8, 4) is 12.3 Å². The lowest BCUT2D eigenvalue weighted by atomic mass is 9.99. The maximum absolute atomic E-state index is 11.9. The summed E-state index contributed by atoms with van der Waals surface area (Å²) in [5, 5.41) is 4.04. The van der Waals surface area contributed by atoms with Gasteiger partial charge >= 0.3 is 0 Å². The van der Waals surface area contributed by atoms with Gasteiger partial charge in [0.15, 0.2) is 0 Å². The van der Waals surface area contributed by atoms with Gasteiger partial charge in [-0.25, -0.2) is 5.43 Å². The van der Waals surface area contributed by atoms with Crippen molar-refractivity contribution in [1.82, 2.24) is 5.43 Å². The number of hydrogen-bond donors (Lipinski definition) is 1. The third kappa shape index (κ3) is 4.14. The first kappa shape index (κ1) is 15.2. The monoisotopic (exact) mass is 300 g/mol. The summed E-state index contributed by atoms with van der Waals surface area (Å²) < 4.78 is 11.9. The number of hydrogen-bond acceptors (Lipinski definition) is 3. The molecule has 1 aromatic carbocycles. The molecule has 2 rings (SSSR count). The Hall–Kier alpha value is -2.19. The third-order valence-corrected chi connectivity index (χ3v) is 4.30. The molecule has 0 aromatic heterocycles. The third-order valence-electron chi connectivity index (χ3n) is 3.09. The van der Waals surface area contributed by atoms with E-state index in [4.69, 9.17) is 6.42 Å². The number of allylic oxidation sites excluding steroid dienone is 1. The Labute approximate surface area is 126 Å². The van der Waals surface area contributed by atoms with Crippen molar-refractivity contribution in [3.05, 3.63) is 35.9 Å². The molecular formula is C16H16N2O2S. The first-order chi connectivity index (χ1) is 10.1. The fourth-order valence-corrected chi connectivity index (χ4v) is 2.78. The molecule has 108 valence electrons. The summed E-state index contributed by atoms with van der Waals surface area (Å²) in [4.78, 5) is 11.9. The highest BCUT2D eigenvalue weighted by molar-refractivity contribution is 7.85. The SMILES string of the molecule is C#CCS(=O)c1cccc(C=CC2=NNC(=O)CC2C)c1. The van der Waals surface area contributed by atoms with Crippen molar-refractivity contribution < 1.29 is 9.00 Å². The summed E-state index contributed by atoms with van der Waals surface area (Å²) >= 11 is 0. The van der Waals surface area contributed by atoms with E-state index in [0.717, 1.165) is 11.3 Å². The van der Waals surface area contributed by atoms with Gasteiger partial charge in [0, 0.05) is 17.2 Å². The van der Waals surface area contributed by atoms with Gasteiger partial charge in [-0.3, -0.25) is 9.00 Å². The molecule has 1 aromatic rings. The van der Waals surface area contributed by atoms with Gasteiger partial charge in [-0.15, -0.1) is 6.42 Å². The standard InChI is InChI=1S/C16H16N2O2S/c1-3-9-21(20)14-6-4-5-13(11-14)7-8-15-12(2)10-16(19)18-17-15/h1,4-8,11-12H,9-10H2,2H3,(H,18,19). The second kappa shape index (κ2) is 7.00. The van der Waals surface area contributed by atoms with Crippen molar-refractivity contribution in [2.45, 2.75) is 18.2 Å². The van der Waals surface area contributed by atoms with Gasteiger partial charge in [0.25, 0.3) is 0 Å². The minimum Gasteiger partial charge on any atom is -0.273 e. The van der Waals surface area contributed by atoms with Gasteiger partial charge in [-0.05, 0) is 23.8 Å². The molecular weight excluding hydrogens is 284 g/mol. The highest BCUT2D eigenvalue weighted by Crippen LogP contribution is 2.14.